The van der Waals surface area contributed by atoms with Crippen molar-refractivity contribution in [2.75, 3.05) is 13.1 Å². The summed E-state index contributed by atoms with van der Waals surface area (Å²) in [5.74, 6) is -0.0936. The van der Waals surface area contributed by atoms with Crippen molar-refractivity contribution in [2.45, 2.75) is 18.2 Å². The first kappa shape index (κ1) is 13.7. The molecule has 1 rings (SSSR count). The van der Waals surface area contributed by atoms with E-state index in [9.17, 15) is 13.2 Å². The van der Waals surface area contributed by atoms with Crippen LogP contribution in [-0.4, -0.2) is 27.4 Å². The van der Waals surface area contributed by atoms with Crippen LogP contribution in [0.15, 0.2) is 35.2 Å². The van der Waals surface area contributed by atoms with Crippen molar-refractivity contribution in [1.82, 2.24) is 10.0 Å². The molecule has 0 saturated carbocycles. The Balaban J connectivity index is 2.44. The molecule has 1 aromatic rings. The Kier molecular flexibility index (Phi) is 5.11. The first-order valence-electron chi connectivity index (χ1n) is 5.37. The Hall–Kier alpha value is -1.40. The van der Waals surface area contributed by atoms with Crippen molar-refractivity contribution in [2.24, 2.45) is 0 Å². The van der Waals surface area contributed by atoms with Gasteiger partial charge in [-0.1, -0.05) is 25.1 Å². The van der Waals surface area contributed by atoms with E-state index in [2.05, 4.69) is 10.0 Å². The van der Waals surface area contributed by atoms with E-state index in [-0.39, 0.29) is 17.3 Å². The lowest BCUT2D eigenvalue weighted by molar-refractivity contribution is -0.120. The first-order chi connectivity index (χ1) is 8.06. The summed E-state index contributed by atoms with van der Waals surface area (Å²) in [6.45, 7) is 2.21. The van der Waals surface area contributed by atoms with E-state index >= 15 is 0 Å². The lowest BCUT2D eigenvalue weighted by atomic mass is 10.4. The van der Waals surface area contributed by atoms with Gasteiger partial charge in [0.05, 0.1) is 4.90 Å². The summed E-state index contributed by atoms with van der Waals surface area (Å²) < 4.78 is 25.9. The van der Waals surface area contributed by atoms with E-state index in [1.807, 2.05) is 0 Å². The van der Waals surface area contributed by atoms with Gasteiger partial charge in [-0.3, -0.25) is 4.79 Å². The molecule has 17 heavy (non-hydrogen) atoms. The fourth-order valence-electron chi connectivity index (χ4n) is 1.20. The molecule has 1 amide bonds. The van der Waals surface area contributed by atoms with E-state index in [0.717, 1.165) is 0 Å². The van der Waals surface area contributed by atoms with Crippen LogP contribution in [0.2, 0.25) is 0 Å². The smallest absolute Gasteiger partial charge is 0.240 e. The fourth-order valence-corrected chi connectivity index (χ4v) is 2.25. The van der Waals surface area contributed by atoms with Crippen molar-refractivity contribution in [1.29, 1.82) is 0 Å². The van der Waals surface area contributed by atoms with E-state index in [4.69, 9.17) is 0 Å². The molecule has 0 aliphatic rings. The van der Waals surface area contributed by atoms with Gasteiger partial charge in [-0.2, -0.15) is 0 Å². The third-order valence-corrected chi connectivity index (χ3v) is 3.59. The average Bonchev–Trinajstić information content (AvgIpc) is 2.35. The van der Waals surface area contributed by atoms with Crippen LogP contribution < -0.4 is 10.0 Å². The predicted molar refractivity (Wildman–Crippen MR) is 64.9 cm³/mol. The second kappa shape index (κ2) is 6.36. The normalized spacial score (nSPS) is 11.1. The molecule has 0 fully saturated rings. The minimum absolute atomic E-state index is 0.0936. The molecule has 0 saturated heterocycles. The third-order valence-electron chi connectivity index (χ3n) is 2.11. The van der Waals surface area contributed by atoms with Gasteiger partial charge in [-0.15, -0.1) is 0 Å². The fraction of sp³-hybridized carbons (Fsp3) is 0.364. The van der Waals surface area contributed by atoms with Crippen molar-refractivity contribution < 1.29 is 13.2 Å². The van der Waals surface area contributed by atoms with Gasteiger partial charge < -0.3 is 5.32 Å². The highest BCUT2D eigenvalue weighted by Gasteiger charge is 2.11. The number of amides is 1. The van der Waals surface area contributed by atoms with E-state index < -0.39 is 10.0 Å². The molecule has 0 heterocycles. The zero-order valence-corrected chi connectivity index (χ0v) is 10.5. The number of sulfonamides is 1. The number of hydrogen-bond donors (Lipinski definition) is 2. The topological polar surface area (TPSA) is 75.3 Å². The van der Waals surface area contributed by atoms with Crippen LogP contribution in [-0.2, 0) is 14.8 Å². The van der Waals surface area contributed by atoms with Gasteiger partial charge in [0, 0.05) is 19.5 Å². The Morgan fingerprint density at radius 3 is 2.41 bits per heavy atom. The van der Waals surface area contributed by atoms with Gasteiger partial charge in [-0.25, -0.2) is 13.1 Å². The van der Waals surface area contributed by atoms with E-state index in [1.165, 1.54) is 12.1 Å². The maximum atomic E-state index is 11.7. The number of rotatable bonds is 6. The maximum absolute atomic E-state index is 11.7. The minimum Gasteiger partial charge on any atom is -0.355 e. The number of benzene rings is 1. The summed E-state index contributed by atoms with van der Waals surface area (Å²) in [5.41, 5.74) is 0. The van der Waals surface area contributed by atoms with Crippen molar-refractivity contribution in [3.8, 4) is 0 Å². The van der Waals surface area contributed by atoms with E-state index in [1.54, 1.807) is 25.1 Å². The summed E-state index contributed by atoms with van der Waals surface area (Å²) >= 11 is 0. The zero-order valence-electron chi connectivity index (χ0n) is 9.64. The monoisotopic (exact) mass is 256 g/mol. The van der Waals surface area contributed by atoms with Crippen LogP contribution >= 0.6 is 0 Å². The quantitative estimate of drug-likeness (QED) is 0.727. The predicted octanol–water partition coefficient (Wildman–Crippen LogP) is 0.491. The maximum Gasteiger partial charge on any atom is 0.240 e. The zero-order chi connectivity index (χ0) is 12.7. The average molecular weight is 256 g/mol. The molecule has 6 heteroatoms. The molecule has 5 nitrogen and oxygen atoms in total. The van der Waals surface area contributed by atoms with Gasteiger partial charge >= 0.3 is 0 Å². The molecule has 0 aliphatic heterocycles. The van der Waals surface area contributed by atoms with Gasteiger partial charge in [0.2, 0.25) is 15.9 Å². The minimum atomic E-state index is -3.47. The number of nitrogens with one attached hydrogen (secondary N) is 2. The molecular formula is C11H16N2O3S. The molecule has 2 N–H and O–H groups in total. The van der Waals surface area contributed by atoms with Gasteiger partial charge in [0.25, 0.3) is 0 Å². The van der Waals surface area contributed by atoms with Gasteiger partial charge in [0.15, 0.2) is 0 Å². The molecule has 0 bridgehead atoms. The summed E-state index contributed by atoms with van der Waals surface area (Å²) in [5, 5.41) is 2.59. The summed E-state index contributed by atoms with van der Waals surface area (Å²) in [6, 6.07) is 8.11. The van der Waals surface area contributed by atoms with Crippen LogP contribution in [0.4, 0.5) is 0 Å². The standard InChI is InChI=1S/C11H16N2O3S/c1-2-11(14)12-8-9-13-17(15,16)10-6-4-3-5-7-10/h3-7,13H,2,8-9H2,1H3,(H,12,14). The molecule has 0 unspecified atom stereocenters. The highest BCUT2D eigenvalue weighted by Crippen LogP contribution is 2.06. The largest absolute Gasteiger partial charge is 0.355 e. The highest BCUT2D eigenvalue weighted by molar-refractivity contribution is 7.89. The number of carbonyl (C=O) groups is 1. The third kappa shape index (κ3) is 4.54. The van der Waals surface area contributed by atoms with Crippen LogP contribution in [0.3, 0.4) is 0 Å². The first-order valence-corrected chi connectivity index (χ1v) is 6.86. The molecule has 0 radical (unpaired) electrons. The molecular weight excluding hydrogens is 240 g/mol. The molecule has 1 aromatic carbocycles. The van der Waals surface area contributed by atoms with Crippen LogP contribution in [0, 0.1) is 0 Å². The number of carbonyl (C=O) groups excluding carboxylic acids is 1. The van der Waals surface area contributed by atoms with Gasteiger partial charge in [-0.05, 0) is 12.1 Å². The molecule has 94 valence electrons. The highest BCUT2D eigenvalue weighted by atomic mass is 32.2. The Bertz CT molecular complexity index is 457. The second-order valence-electron chi connectivity index (χ2n) is 3.41. The SMILES string of the molecule is CCC(=O)NCCNS(=O)(=O)c1ccccc1. The number of hydrogen-bond acceptors (Lipinski definition) is 3. The lowest BCUT2D eigenvalue weighted by Crippen LogP contribution is -2.34. The molecule has 0 spiro atoms. The van der Waals surface area contributed by atoms with Crippen LogP contribution in [0.1, 0.15) is 13.3 Å². The molecule has 0 aliphatic carbocycles. The van der Waals surface area contributed by atoms with Gasteiger partial charge in [0.1, 0.15) is 0 Å². The Morgan fingerprint density at radius 2 is 1.82 bits per heavy atom. The second-order valence-corrected chi connectivity index (χ2v) is 5.18. The van der Waals surface area contributed by atoms with Crippen molar-refractivity contribution >= 4 is 15.9 Å². The van der Waals surface area contributed by atoms with Crippen LogP contribution in [0.5, 0.6) is 0 Å². The molecule has 0 aromatic heterocycles. The lowest BCUT2D eigenvalue weighted by Gasteiger charge is -2.07. The van der Waals surface area contributed by atoms with E-state index in [0.29, 0.717) is 13.0 Å². The Labute approximate surface area is 101 Å². The summed E-state index contributed by atoms with van der Waals surface area (Å²) in [4.78, 5) is 11.1. The summed E-state index contributed by atoms with van der Waals surface area (Å²) in [7, 11) is -3.47. The van der Waals surface area contributed by atoms with Crippen molar-refractivity contribution in [3.63, 3.8) is 0 Å². The summed E-state index contributed by atoms with van der Waals surface area (Å²) in [6.07, 6.45) is 0.394. The van der Waals surface area contributed by atoms with Crippen LogP contribution in [0.25, 0.3) is 0 Å². The molecule has 0 atom stereocenters. The Morgan fingerprint density at radius 1 is 1.18 bits per heavy atom. The van der Waals surface area contributed by atoms with Crippen molar-refractivity contribution in [3.05, 3.63) is 30.3 Å².